The smallest absolute Gasteiger partial charge is 0.354 e. The zero-order valence-corrected chi connectivity index (χ0v) is 10.9. The Labute approximate surface area is 114 Å². The summed E-state index contributed by atoms with van der Waals surface area (Å²) < 4.78 is 0. The Morgan fingerprint density at radius 2 is 2.10 bits per heavy atom. The van der Waals surface area contributed by atoms with Crippen LogP contribution in [0.15, 0.2) is 12.1 Å². The molecule has 108 valence electrons. The third-order valence-corrected chi connectivity index (χ3v) is 2.65. The van der Waals surface area contributed by atoms with Crippen molar-refractivity contribution in [3.8, 4) is 0 Å². The van der Waals surface area contributed by atoms with Crippen molar-refractivity contribution < 1.29 is 19.6 Å². The van der Waals surface area contributed by atoms with Crippen LogP contribution >= 0.6 is 0 Å². The summed E-state index contributed by atoms with van der Waals surface area (Å²) in [6.07, 6.45) is 0. The first-order valence-electron chi connectivity index (χ1n) is 5.57. The monoisotopic (exact) mass is 282 g/mol. The van der Waals surface area contributed by atoms with Gasteiger partial charge >= 0.3 is 11.7 Å². The quantitative estimate of drug-likeness (QED) is 0.511. The predicted molar refractivity (Wildman–Crippen MR) is 69.3 cm³/mol. The van der Waals surface area contributed by atoms with E-state index in [1.165, 1.54) is 0 Å². The maximum atomic E-state index is 11.2. The van der Waals surface area contributed by atoms with Crippen LogP contribution in [0, 0.1) is 15.5 Å². The summed E-state index contributed by atoms with van der Waals surface area (Å²) in [5.41, 5.74) is 3.50. The lowest BCUT2D eigenvalue weighted by molar-refractivity contribution is -0.384. The minimum absolute atomic E-state index is 0.0146. The second-order valence-electron chi connectivity index (χ2n) is 4.73. The number of hydrogen-bond acceptors (Lipinski definition) is 6. The Hall–Kier alpha value is -2.71. The maximum Gasteiger partial charge on any atom is 0.354 e. The summed E-state index contributed by atoms with van der Waals surface area (Å²) in [5, 5.41) is 22.3. The number of nitrogens with two attached hydrogens (primary N) is 1. The second kappa shape index (κ2) is 5.51. The van der Waals surface area contributed by atoms with Gasteiger partial charge in [0.15, 0.2) is 5.69 Å². The number of amides is 1. The molecule has 4 N–H and O–H groups in total. The van der Waals surface area contributed by atoms with Crippen molar-refractivity contribution >= 4 is 23.4 Å². The molecule has 0 fully saturated rings. The van der Waals surface area contributed by atoms with Crippen molar-refractivity contribution in [3.63, 3.8) is 0 Å². The van der Waals surface area contributed by atoms with Gasteiger partial charge in [-0.3, -0.25) is 14.9 Å². The molecule has 9 heteroatoms. The molecule has 0 aromatic carbocycles. The van der Waals surface area contributed by atoms with Crippen LogP contribution in [0.1, 0.15) is 24.3 Å². The van der Waals surface area contributed by atoms with Crippen molar-refractivity contribution in [2.24, 2.45) is 11.1 Å². The number of nitrogens with one attached hydrogen (secondary N) is 1. The summed E-state index contributed by atoms with van der Waals surface area (Å²) in [6.45, 7) is 3.09. The number of nitro groups is 1. The van der Waals surface area contributed by atoms with E-state index in [0.29, 0.717) is 0 Å². The first-order chi connectivity index (χ1) is 9.15. The fourth-order valence-electron chi connectivity index (χ4n) is 1.24. The number of anilines is 1. The molecular weight excluding hydrogens is 268 g/mol. The van der Waals surface area contributed by atoms with E-state index in [1.54, 1.807) is 13.8 Å². The summed E-state index contributed by atoms with van der Waals surface area (Å²) in [7, 11) is 0. The van der Waals surface area contributed by atoms with E-state index in [4.69, 9.17) is 10.8 Å². The maximum absolute atomic E-state index is 11.2. The zero-order chi connectivity index (χ0) is 15.5. The van der Waals surface area contributed by atoms with Crippen LogP contribution in [0.2, 0.25) is 0 Å². The Kier molecular flexibility index (Phi) is 4.23. The van der Waals surface area contributed by atoms with Crippen LogP contribution in [0.25, 0.3) is 0 Å². The lowest BCUT2D eigenvalue weighted by Crippen LogP contribution is -2.37. The average Bonchev–Trinajstić information content (AvgIpc) is 2.35. The van der Waals surface area contributed by atoms with Gasteiger partial charge in [0, 0.05) is 12.6 Å². The molecule has 9 nitrogen and oxygen atoms in total. The fraction of sp³-hybridized carbons (Fsp3) is 0.364. The Bertz CT molecular complexity index is 570. The fourth-order valence-corrected chi connectivity index (χ4v) is 1.24. The van der Waals surface area contributed by atoms with Gasteiger partial charge in [0.25, 0.3) is 0 Å². The minimum atomic E-state index is -1.31. The van der Waals surface area contributed by atoms with Crippen LogP contribution in [0.3, 0.4) is 0 Å². The normalized spacial score (nSPS) is 10.9. The molecule has 0 radical (unpaired) electrons. The zero-order valence-electron chi connectivity index (χ0n) is 10.9. The summed E-state index contributed by atoms with van der Waals surface area (Å²) >= 11 is 0. The van der Waals surface area contributed by atoms with Crippen molar-refractivity contribution in [1.29, 1.82) is 0 Å². The molecule has 0 saturated carbocycles. The molecule has 0 aliphatic rings. The first kappa shape index (κ1) is 15.3. The van der Waals surface area contributed by atoms with Gasteiger partial charge < -0.3 is 16.2 Å². The van der Waals surface area contributed by atoms with E-state index in [1.807, 2.05) is 0 Å². The van der Waals surface area contributed by atoms with E-state index < -0.39 is 22.2 Å². The molecule has 0 unspecified atom stereocenters. The van der Waals surface area contributed by atoms with E-state index in [9.17, 15) is 19.7 Å². The van der Waals surface area contributed by atoms with Crippen molar-refractivity contribution in [1.82, 2.24) is 4.98 Å². The molecule has 0 saturated heterocycles. The SMILES string of the molecule is CC(C)(CNc1nc(C(=O)O)ccc1[N+](=O)[O-])C(N)=O. The summed E-state index contributed by atoms with van der Waals surface area (Å²) in [6, 6.07) is 2.07. The number of aromatic nitrogens is 1. The Morgan fingerprint density at radius 3 is 2.55 bits per heavy atom. The summed E-state index contributed by atoms with van der Waals surface area (Å²) in [5.74, 6) is -2.12. The van der Waals surface area contributed by atoms with Crippen LogP contribution in [0.4, 0.5) is 11.5 Å². The topological polar surface area (TPSA) is 148 Å². The van der Waals surface area contributed by atoms with Crippen LogP contribution in [0.5, 0.6) is 0 Å². The highest BCUT2D eigenvalue weighted by Crippen LogP contribution is 2.24. The highest BCUT2D eigenvalue weighted by molar-refractivity contribution is 5.86. The van der Waals surface area contributed by atoms with Gasteiger partial charge in [-0.2, -0.15) is 0 Å². The lowest BCUT2D eigenvalue weighted by atomic mass is 9.93. The van der Waals surface area contributed by atoms with Crippen LogP contribution in [-0.2, 0) is 4.79 Å². The average molecular weight is 282 g/mol. The molecule has 1 rings (SSSR count). The van der Waals surface area contributed by atoms with Gasteiger partial charge in [0.05, 0.1) is 10.3 Å². The number of rotatable bonds is 6. The van der Waals surface area contributed by atoms with Crippen molar-refractivity contribution in [2.75, 3.05) is 11.9 Å². The summed E-state index contributed by atoms with van der Waals surface area (Å²) in [4.78, 5) is 35.8. The molecule has 1 aromatic rings. The third-order valence-electron chi connectivity index (χ3n) is 2.65. The molecule has 0 spiro atoms. The largest absolute Gasteiger partial charge is 0.477 e. The predicted octanol–water partition coefficient (Wildman–Crippen LogP) is 0.611. The first-order valence-corrected chi connectivity index (χ1v) is 5.57. The molecule has 1 heterocycles. The molecule has 0 atom stereocenters. The number of hydrogen-bond donors (Lipinski definition) is 3. The number of pyridine rings is 1. The highest BCUT2D eigenvalue weighted by atomic mass is 16.6. The number of carbonyl (C=O) groups excluding carboxylic acids is 1. The number of carboxylic acids is 1. The number of aromatic carboxylic acids is 1. The van der Waals surface area contributed by atoms with Gasteiger partial charge in [-0.1, -0.05) is 0 Å². The molecule has 0 aliphatic carbocycles. The van der Waals surface area contributed by atoms with E-state index in [0.717, 1.165) is 12.1 Å². The van der Waals surface area contributed by atoms with Crippen molar-refractivity contribution in [3.05, 3.63) is 27.9 Å². The minimum Gasteiger partial charge on any atom is -0.477 e. The standard InChI is InChI=1S/C11H14N4O5/c1-11(2,10(12)18)5-13-8-7(15(19)20)4-3-6(14-8)9(16)17/h3-4H,5H2,1-2H3,(H2,12,18)(H,13,14)(H,16,17). The molecule has 0 aliphatic heterocycles. The number of carboxylic acid groups (broad SMARTS) is 1. The van der Waals surface area contributed by atoms with Crippen molar-refractivity contribution in [2.45, 2.75) is 13.8 Å². The van der Waals surface area contributed by atoms with Crippen LogP contribution in [-0.4, -0.2) is 33.4 Å². The van der Waals surface area contributed by atoms with E-state index >= 15 is 0 Å². The number of carbonyl (C=O) groups is 2. The second-order valence-corrected chi connectivity index (χ2v) is 4.73. The van der Waals surface area contributed by atoms with Gasteiger partial charge in [-0.15, -0.1) is 0 Å². The molecular formula is C11H14N4O5. The lowest BCUT2D eigenvalue weighted by Gasteiger charge is -2.20. The van der Waals surface area contributed by atoms with E-state index in [2.05, 4.69) is 10.3 Å². The van der Waals surface area contributed by atoms with E-state index in [-0.39, 0.29) is 23.7 Å². The Balaban J connectivity index is 3.08. The molecule has 1 amide bonds. The van der Waals surface area contributed by atoms with Gasteiger partial charge in [0.2, 0.25) is 11.7 Å². The third kappa shape index (κ3) is 3.40. The molecule has 0 bridgehead atoms. The molecule has 1 aromatic heterocycles. The number of primary amides is 1. The molecule has 20 heavy (non-hydrogen) atoms. The number of nitrogens with zero attached hydrogens (tertiary/aromatic N) is 2. The van der Waals surface area contributed by atoms with Crippen LogP contribution < -0.4 is 11.1 Å². The Morgan fingerprint density at radius 1 is 1.50 bits per heavy atom. The highest BCUT2D eigenvalue weighted by Gasteiger charge is 2.27. The van der Waals surface area contributed by atoms with Gasteiger partial charge in [-0.05, 0) is 19.9 Å². The van der Waals surface area contributed by atoms with Gasteiger partial charge in [0.1, 0.15) is 0 Å². The van der Waals surface area contributed by atoms with Gasteiger partial charge in [-0.25, -0.2) is 9.78 Å².